The molecule has 40 heavy (non-hydrogen) atoms. The minimum absolute atomic E-state index is 0.0463. The average Bonchev–Trinajstić information content (AvgIpc) is 2.87. The Balaban J connectivity index is 3.10. The second-order valence-electron chi connectivity index (χ2n) is 8.80. The summed E-state index contributed by atoms with van der Waals surface area (Å²) >= 11 is 0. The maximum Gasteiger partial charge on any atom is 0.326 e. The van der Waals surface area contributed by atoms with Gasteiger partial charge in [0.1, 0.15) is 18.1 Å². The summed E-state index contributed by atoms with van der Waals surface area (Å²) in [6.45, 7) is 0.0809. The average molecular weight is 566 g/mol. The van der Waals surface area contributed by atoms with E-state index in [1.54, 1.807) is 30.3 Å². The molecule has 0 bridgehead atoms. The number of amides is 3. The van der Waals surface area contributed by atoms with Crippen molar-refractivity contribution in [3.05, 3.63) is 35.9 Å². The third-order valence-electron chi connectivity index (χ3n) is 5.49. The highest BCUT2D eigenvalue weighted by Crippen LogP contribution is 2.07. The highest BCUT2D eigenvalue weighted by molar-refractivity contribution is 5.95. The first-order chi connectivity index (χ1) is 18.8. The van der Waals surface area contributed by atoms with E-state index in [1.807, 2.05) is 0 Å². The summed E-state index contributed by atoms with van der Waals surface area (Å²) in [7, 11) is 0. The molecule has 16 heteroatoms. The van der Waals surface area contributed by atoms with Crippen LogP contribution in [0.2, 0.25) is 0 Å². The van der Waals surface area contributed by atoms with Crippen molar-refractivity contribution in [3.8, 4) is 0 Å². The van der Waals surface area contributed by atoms with Crippen LogP contribution >= 0.6 is 0 Å². The van der Waals surface area contributed by atoms with Gasteiger partial charge in [0.25, 0.3) is 0 Å². The lowest BCUT2D eigenvalue weighted by Crippen LogP contribution is -2.57. The smallest absolute Gasteiger partial charge is 0.326 e. The molecular weight excluding hydrogens is 530 g/mol. The maximum absolute atomic E-state index is 13.1. The molecule has 1 aromatic rings. The fraction of sp³-hybridized carbons (Fsp3) is 0.458. The van der Waals surface area contributed by atoms with Gasteiger partial charge in [0, 0.05) is 19.4 Å². The quantitative estimate of drug-likeness (QED) is 0.0506. The molecule has 4 atom stereocenters. The van der Waals surface area contributed by atoms with Crippen LogP contribution in [0.3, 0.4) is 0 Å². The van der Waals surface area contributed by atoms with Crippen molar-refractivity contribution in [1.29, 1.82) is 0 Å². The van der Waals surface area contributed by atoms with Crippen LogP contribution in [0.4, 0.5) is 0 Å². The van der Waals surface area contributed by atoms with E-state index in [0.29, 0.717) is 5.56 Å². The monoisotopic (exact) mass is 565 g/mol. The van der Waals surface area contributed by atoms with E-state index in [9.17, 15) is 33.9 Å². The molecule has 12 N–H and O–H groups in total. The number of nitrogens with zero attached hydrogens (tertiary/aromatic N) is 1. The molecule has 0 aromatic heterocycles. The van der Waals surface area contributed by atoms with Gasteiger partial charge in [-0.25, -0.2) is 4.79 Å². The van der Waals surface area contributed by atoms with Gasteiger partial charge in [0.05, 0.1) is 12.5 Å². The van der Waals surface area contributed by atoms with E-state index < -0.39 is 79.1 Å². The summed E-state index contributed by atoms with van der Waals surface area (Å²) in [4.78, 5) is 76.1. The SMILES string of the molecule is NC(N)=NCCC[C@H](NC(=O)[C@H](CCC(=O)O)NC(=O)[C@@H](N)CC(=O)O)C(=O)N[C@@H](Cc1ccccc1)C(=O)O. The molecule has 220 valence electrons. The molecule has 0 aliphatic rings. The number of rotatable bonds is 18. The minimum atomic E-state index is -1.52. The van der Waals surface area contributed by atoms with Crippen molar-refractivity contribution in [2.45, 2.75) is 62.7 Å². The van der Waals surface area contributed by atoms with Crippen molar-refractivity contribution in [3.63, 3.8) is 0 Å². The summed E-state index contributed by atoms with van der Waals surface area (Å²) in [6.07, 6.45) is -1.61. The zero-order valence-electron chi connectivity index (χ0n) is 21.6. The second kappa shape index (κ2) is 17.0. The van der Waals surface area contributed by atoms with Gasteiger partial charge in [-0.05, 0) is 24.8 Å². The van der Waals surface area contributed by atoms with Gasteiger partial charge in [-0.2, -0.15) is 0 Å². The number of carboxylic acids is 3. The number of aliphatic carboxylic acids is 3. The van der Waals surface area contributed by atoms with E-state index in [0.717, 1.165) is 0 Å². The number of carboxylic acid groups (broad SMARTS) is 3. The van der Waals surface area contributed by atoms with Crippen LogP contribution < -0.4 is 33.2 Å². The number of nitrogens with one attached hydrogen (secondary N) is 3. The molecule has 1 rings (SSSR count). The Kier molecular flexibility index (Phi) is 14.1. The highest BCUT2D eigenvalue weighted by Gasteiger charge is 2.31. The molecule has 0 saturated heterocycles. The van der Waals surface area contributed by atoms with Crippen LogP contribution in [0.1, 0.15) is 37.7 Å². The third kappa shape index (κ3) is 13.2. The summed E-state index contributed by atoms with van der Waals surface area (Å²) in [6, 6.07) is 2.84. The minimum Gasteiger partial charge on any atom is -0.481 e. The van der Waals surface area contributed by atoms with E-state index in [1.165, 1.54) is 0 Å². The zero-order chi connectivity index (χ0) is 30.2. The summed E-state index contributed by atoms with van der Waals surface area (Å²) < 4.78 is 0. The number of aliphatic imine (C=N–C) groups is 1. The molecule has 0 radical (unpaired) electrons. The molecule has 3 amide bonds. The Morgan fingerprint density at radius 3 is 1.85 bits per heavy atom. The molecule has 0 saturated carbocycles. The summed E-state index contributed by atoms with van der Waals surface area (Å²) in [5.41, 5.74) is 16.8. The molecule has 0 heterocycles. The number of nitrogens with two attached hydrogens (primary N) is 3. The van der Waals surface area contributed by atoms with E-state index in [-0.39, 0.29) is 31.8 Å². The molecular formula is C24H35N7O9. The number of carbonyl (C=O) groups excluding carboxylic acids is 3. The lowest BCUT2D eigenvalue weighted by Gasteiger charge is -2.25. The fourth-order valence-electron chi connectivity index (χ4n) is 3.46. The van der Waals surface area contributed by atoms with Gasteiger partial charge in [-0.3, -0.25) is 29.0 Å². The van der Waals surface area contributed by atoms with Crippen molar-refractivity contribution in [2.75, 3.05) is 6.54 Å². The Morgan fingerprint density at radius 2 is 1.32 bits per heavy atom. The predicted octanol–water partition coefficient (Wildman–Crippen LogP) is -2.51. The van der Waals surface area contributed by atoms with Crippen LogP contribution in [0.15, 0.2) is 35.3 Å². The van der Waals surface area contributed by atoms with Crippen LogP contribution in [0.25, 0.3) is 0 Å². The van der Waals surface area contributed by atoms with Gasteiger partial charge in [0.15, 0.2) is 5.96 Å². The normalized spacial score (nSPS) is 13.5. The predicted molar refractivity (Wildman–Crippen MR) is 141 cm³/mol. The summed E-state index contributed by atoms with van der Waals surface area (Å²) in [5.74, 6) is -7.00. The van der Waals surface area contributed by atoms with Crippen LogP contribution in [0.5, 0.6) is 0 Å². The molecule has 16 nitrogen and oxygen atoms in total. The Morgan fingerprint density at radius 1 is 0.775 bits per heavy atom. The number of hydrogen-bond donors (Lipinski definition) is 9. The van der Waals surface area contributed by atoms with Crippen molar-refractivity contribution < 1.29 is 44.1 Å². The lowest BCUT2D eigenvalue weighted by atomic mass is 10.0. The number of benzene rings is 1. The van der Waals surface area contributed by atoms with E-state index in [4.69, 9.17) is 27.4 Å². The first kappa shape index (κ1) is 33.3. The molecule has 0 unspecified atom stereocenters. The number of carbonyl (C=O) groups is 6. The van der Waals surface area contributed by atoms with Crippen molar-refractivity contribution >= 4 is 41.6 Å². The van der Waals surface area contributed by atoms with E-state index >= 15 is 0 Å². The maximum atomic E-state index is 13.1. The second-order valence-corrected chi connectivity index (χ2v) is 8.80. The molecule has 0 aliphatic heterocycles. The largest absolute Gasteiger partial charge is 0.481 e. The summed E-state index contributed by atoms with van der Waals surface area (Å²) in [5, 5.41) is 34.5. The van der Waals surface area contributed by atoms with E-state index in [2.05, 4.69) is 20.9 Å². The van der Waals surface area contributed by atoms with Gasteiger partial charge in [-0.15, -0.1) is 0 Å². The Hall–Kier alpha value is -4.73. The van der Waals surface area contributed by atoms with Crippen LogP contribution in [-0.4, -0.2) is 87.6 Å². The first-order valence-corrected chi connectivity index (χ1v) is 12.2. The first-order valence-electron chi connectivity index (χ1n) is 12.2. The lowest BCUT2D eigenvalue weighted by molar-refractivity contribution is -0.142. The molecule has 0 aliphatic carbocycles. The van der Waals surface area contributed by atoms with Gasteiger partial charge in [-0.1, -0.05) is 30.3 Å². The van der Waals surface area contributed by atoms with Gasteiger partial charge in [0.2, 0.25) is 17.7 Å². The zero-order valence-corrected chi connectivity index (χ0v) is 21.6. The topological polar surface area (TPSA) is 290 Å². The molecule has 0 spiro atoms. The number of guanidine groups is 1. The Labute approximate surface area is 229 Å². The van der Waals surface area contributed by atoms with Crippen LogP contribution in [-0.2, 0) is 35.2 Å². The standard InChI is InChI=1S/C24H35N7O9/c25-14(12-19(34)35)20(36)29-16(8-9-18(32)33)22(38)30-15(7-4-10-28-24(26)27)21(37)31-17(23(39)40)11-13-5-2-1-3-6-13/h1-3,5-6,14-17H,4,7-12,25H2,(H,29,36)(H,30,38)(H,31,37)(H,32,33)(H,34,35)(H,39,40)(H4,26,27,28)/t14-,15-,16-,17-/m0/s1. The third-order valence-corrected chi connectivity index (χ3v) is 5.49. The van der Waals surface area contributed by atoms with Crippen LogP contribution in [0, 0.1) is 0 Å². The van der Waals surface area contributed by atoms with Crippen molar-refractivity contribution in [2.24, 2.45) is 22.2 Å². The number of hydrogen-bond acceptors (Lipinski definition) is 8. The molecule has 0 fully saturated rings. The Bertz CT molecular complexity index is 1080. The van der Waals surface area contributed by atoms with Gasteiger partial charge >= 0.3 is 17.9 Å². The fourth-order valence-corrected chi connectivity index (χ4v) is 3.46. The van der Waals surface area contributed by atoms with Crippen molar-refractivity contribution in [1.82, 2.24) is 16.0 Å². The molecule has 1 aromatic carbocycles. The highest BCUT2D eigenvalue weighted by atomic mass is 16.4. The van der Waals surface area contributed by atoms with Gasteiger partial charge < -0.3 is 48.5 Å².